The summed E-state index contributed by atoms with van der Waals surface area (Å²) in [7, 11) is -3.84. The van der Waals surface area contributed by atoms with Crippen LogP contribution in [0.1, 0.15) is 35.1 Å². The number of aryl methyl sites for hydroxylation is 1. The average molecular weight is 600 g/mol. The molecule has 9 heteroatoms. The van der Waals surface area contributed by atoms with Gasteiger partial charge in [-0.15, -0.1) is 0 Å². The van der Waals surface area contributed by atoms with E-state index in [1.165, 1.54) is 12.1 Å². The van der Waals surface area contributed by atoms with Crippen molar-refractivity contribution < 1.29 is 33.0 Å². The van der Waals surface area contributed by atoms with Gasteiger partial charge < -0.3 is 24.2 Å². The minimum absolute atomic E-state index is 0.00648. The molecule has 1 amide bonds. The van der Waals surface area contributed by atoms with Crippen molar-refractivity contribution >= 4 is 19.7 Å². The van der Waals surface area contributed by atoms with E-state index in [-0.39, 0.29) is 37.5 Å². The van der Waals surface area contributed by atoms with Gasteiger partial charge in [0, 0.05) is 12.3 Å². The first-order valence-corrected chi connectivity index (χ1v) is 16.0. The van der Waals surface area contributed by atoms with E-state index in [1.807, 2.05) is 78.9 Å². The average Bonchev–Trinajstić information content (AvgIpc) is 3.34. The summed E-state index contributed by atoms with van der Waals surface area (Å²) in [6, 6.07) is 30.4. The first-order valence-electron chi connectivity index (χ1n) is 14.3. The first-order chi connectivity index (χ1) is 20.8. The van der Waals surface area contributed by atoms with Crippen LogP contribution in [-0.4, -0.2) is 42.6 Å². The fraction of sp³-hybridized carbons (Fsp3) is 0.235. The SMILES string of the molecule is CCOP(=O)(CCc1ccccc1)OC(=O)[C@H](Cc1ccc(O)cc1)NC(=O)OCC1c2ccccc2-c2ccccc21. The molecule has 1 aliphatic carbocycles. The van der Waals surface area contributed by atoms with E-state index in [0.29, 0.717) is 12.0 Å². The third-order valence-corrected chi connectivity index (χ3v) is 9.25. The van der Waals surface area contributed by atoms with Gasteiger partial charge >= 0.3 is 19.7 Å². The summed E-state index contributed by atoms with van der Waals surface area (Å²) >= 11 is 0. The van der Waals surface area contributed by atoms with E-state index >= 15 is 0 Å². The quantitative estimate of drug-likeness (QED) is 0.171. The van der Waals surface area contributed by atoms with Crippen LogP contribution < -0.4 is 5.32 Å². The van der Waals surface area contributed by atoms with E-state index in [2.05, 4.69) is 5.32 Å². The van der Waals surface area contributed by atoms with Crippen LogP contribution >= 0.6 is 7.60 Å². The van der Waals surface area contributed by atoms with Gasteiger partial charge in [0.2, 0.25) is 0 Å². The second-order valence-corrected chi connectivity index (χ2v) is 12.4. The van der Waals surface area contributed by atoms with Crippen LogP contribution in [-0.2, 0) is 36.0 Å². The molecule has 0 radical (unpaired) electrons. The van der Waals surface area contributed by atoms with E-state index in [1.54, 1.807) is 19.1 Å². The molecule has 2 atom stereocenters. The van der Waals surface area contributed by atoms with Crippen molar-refractivity contribution in [3.8, 4) is 16.9 Å². The van der Waals surface area contributed by atoms with Crippen molar-refractivity contribution in [2.75, 3.05) is 19.4 Å². The van der Waals surface area contributed by atoms with Gasteiger partial charge in [0.15, 0.2) is 0 Å². The minimum atomic E-state index is -3.84. The van der Waals surface area contributed by atoms with Gasteiger partial charge in [-0.05, 0) is 58.9 Å². The molecule has 8 nitrogen and oxygen atoms in total. The molecule has 2 N–H and O–H groups in total. The zero-order valence-corrected chi connectivity index (χ0v) is 24.7. The van der Waals surface area contributed by atoms with Gasteiger partial charge in [-0.3, -0.25) is 0 Å². The van der Waals surface area contributed by atoms with Gasteiger partial charge in [-0.2, -0.15) is 0 Å². The lowest BCUT2D eigenvalue weighted by molar-refractivity contribution is -0.137. The first kappa shape index (κ1) is 30.1. The Bertz CT molecular complexity index is 1560. The Labute approximate surface area is 251 Å². The standard InChI is InChI=1S/C34H34NO7P/c1-2-41-43(39,21-20-24-10-4-3-5-11-24)42-33(37)32(22-25-16-18-26(36)19-17-25)35-34(38)40-23-31-29-14-8-6-12-27(29)28-13-7-9-15-30(28)31/h3-19,31-32,36H,2,20-23H2,1H3,(H,35,38)/t32-,43?/m0/s1. The molecule has 0 fully saturated rings. The van der Waals surface area contributed by atoms with Gasteiger partial charge in [-0.25, -0.2) is 14.2 Å². The summed E-state index contributed by atoms with van der Waals surface area (Å²) in [5.74, 6) is -0.989. The minimum Gasteiger partial charge on any atom is -0.508 e. The van der Waals surface area contributed by atoms with Crippen molar-refractivity contribution in [3.05, 3.63) is 125 Å². The van der Waals surface area contributed by atoms with Crippen molar-refractivity contribution in [3.63, 3.8) is 0 Å². The molecule has 222 valence electrons. The number of carbonyl (C=O) groups excluding carboxylic acids is 2. The van der Waals surface area contributed by atoms with Crippen LogP contribution in [0.5, 0.6) is 5.75 Å². The molecule has 4 aromatic carbocycles. The van der Waals surface area contributed by atoms with Crippen LogP contribution in [0.15, 0.2) is 103 Å². The van der Waals surface area contributed by atoms with E-state index in [4.69, 9.17) is 13.8 Å². The highest BCUT2D eigenvalue weighted by Gasteiger charge is 2.34. The summed E-state index contributed by atoms with van der Waals surface area (Å²) in [4.78, 5) is 26.5. The molecule has 5 rings (SSSR count). The lowest BCUT2D eigenvalue weighted by atomic mass is 9.98. The molecule has 0 aliphatic heterocycles. The Balaban J connectivity index is 1.29. The van der Waals surface area contributed by atoms with Gasteiger partial charge in [0.05, 0.1) is 12.8 Å². The Morgan fingerprint density at radius 3 is 2.07 bits per heavy atom. The molecular weight excluding hydrogens is 565 g/mol. The number of hydrogen-bond donors (Lipinski definition) is 2. The molecule has 0 saturated heterocycles. The monoisotopic (exact) mass is 599 g/mol. The number of ether oxygens (including phenoxy) is 1. The topological polar surface area (TPSA) is 111 Å². The summed E-state index contributed by atoms with van der Waals surface area (Å²) < 4.78 is 30.2. The fourth-order valence-electron chi connectivity index (χ4n) is 5.29. The second-order valence-electron chi connectivity index (χ2n) is 10.3. The van der Waals surface area contributed by atoms with Gasteiger partial charge in [-0.1, -0.05) is 91.0 Å². The van der Waals surface area contributed by atoms with Crippen LogP contribution in [0.2, 0.25) is 0 Å². The number of fused-ring (bicyclic) bond motifs is 3. The summed E-state index contributed by atoms with van der Waals surface area (Å²) in [6.45, 7) is 1.82. The fourth-order valence-corrected chi connectivity index (χ4v) is 6.89. The summed E-state index contributed by atoms with van der Waals surface area (Å²) in [5.41, 5.74) is 5.90. The second kappa shape index (κ2) is 13.7. The van der Waals surface area contributed by atoms with Crippen LogP contribution in [0.4, 0.5) is 4.79 Å². The number of nitrogens with one attached hydrogen (secondary N) is 1. The van der Waals surface area contributed by atoms with Crippen molar-refractivity contribution in [2.45, 2.75) is 31.7 Å². The Morgan fingerprint density at radius 2 is 1.44 bits per heavy atom. The van der Waals surface area contributed by atoms with Crippen LogP contribution in [0.25, 0.3) is 11.1 Å². The number of phenolic OH excluding ortho intramolecular Hbond substituents is 1. The molecule has 43 heavy (non-hydrogen) atoms. The smallest absolute Gasteiger partial charge is 0.407 e. The largest absolute Gasteiger partial charge is 0.508 e. The van der Waals surface area contributed by atoms with Crippen LogP contribution in [0, 0.1) is 0 Å². The Morgan fingerprint density at radius 1 is 0.837 bits per heavy atom. The predicted octanol–water partition coefficient (Wildman–Crippen LogP) is 6.86. The number of alkyl carbamates (subject to hydrolysis) is 1. The maximum absolute atomic E-state index is 13.6. The van der Waals surface area contributed by atoms with E-state index in [0.717, 1.165) is 27.8 Å². The maximum Gasteiger partial charge on any atom is 0.407 e. The third-order valence-electron chi connectivity index (χ3n) is 7.37. The molecular formula is C34H34NO7P. The van der Waals surface area contributed by atoms with Crippen molar-refractivity contribution in [2.24, 2.45) is 0 Å². The normalized spacial score (nSPS) is 14.2. The number of aromatic hydroxyl groups is 1. The maximum atomic E-state index is 13.6. The number of hydrogen-bond acceptors (Lipinski definition) is 7. The highest BCUT2D eigenvalue weighted by molar-refractivity contribution is 7.54. The molecule has 0 saturated carbocycles. The van der Waals surface area contributed by atoms with Gasteiger partial charge in [0.25, 0.3) is 0 Å². The lowest BCUT2D eigenvalue weighted by Crippen LogP contribution is -2.43. The Hall–Kier alpha value is -4.39. The number of carbonyl (C=O) groups is 2. The zero-order valence-electron chi connectivity index (χ0n) is 23.8. The molecule has 1 aliphatic rings. The molecule has 1 unspecified atom stereocenters. The third kappa shape index (κ3) is 7.53. The lowest BCUT2D eigenvalue weighted by Gasteiger charge is -2.23. The number of amides is 1. The number of rotatable bonds is 12. The highest BCUT2D eigenvalue weighted by Crippen LogP contribution is 2.49. The molecule has 0 heterocycles. The van der Waals surface area contributed by atoms with Crippen LogP contribution in [0.3, 0.4) is 0 Å². The predicted molar refractivity (Wildman–Crippen MR) is 164 cm³/mol. The van der Waals surface area contributed by atoms with E-state index in [9.17, 15) is 19.3 Å². The summed E-state index contributed by atoms with van der Waals surface area (Å²) in [5, 5.41) is 12.3. The van der Waals surface area contributed by atoms with Crippen molar-refractivity contribution in [1.82, 2.24) is 5.32 Å². The molecule has 0 aromatic heterocycles. The van der Waals surface area contributed by atoms with Crippen molar-refractivity contribution in [1.29, 1.82) is 0 Å². The molecule has 4 aromatic rings. The zero-order chi connectivity index (χ0) is 30.2. The number of phenols is 1. The number of benzene rings is 4. The summed E-state index contributed by atoms with van der Waals surface area (Å²) in [6.07, 6.45) is -0.409. The molecule has 0 spiro atoms. The van der Waals surface area contributed by atoms with E-state index < -0.39 is 25.7 Å². The Kier molecular flexibility index (Phi) is 9.60. The highest BCUT2D eigenvalue weighted by atomic mass is 31.2. The molecule has 0 bridgehead atoms. The van der Waals surface area contributed by atoms with Gasteiger partial charge in [0.1, 0.15) is 18.4 Å².